The van der Waals surface area contributed by atoms with Gasteiger partial charge >= 0.3 is 0 Å². The Kier molecular flexibility index (Phi) is 4.26. The van der Waals surface area contributed by atoms with Crippen molar-refractivity contribution in [2.75, 3.05) is 6.54 Å². The first-order chi connectivity index (χ1) is 6.77. The van der Waals surface area contributed by atoms with Crippen molar-refractivity contribution in [3.63, 3.8) is 0 Å². The summed E-state index contributed by atoms with van der Waals surface area (Å²) in [6, 6.07) is 6.21. The maximum Gasteiger partial charge on any atom is 0.123 e. The summed E-state index contributed by atoms with van der Waals surface area (Å²) in [6.07, 6.45) is 1.29. The number of hydrogen-bond donors (Lipinski definition) is 1. The Labute approximate surface area is 83.1 Å². The first-order valence-corrected chi connectivity index (χ1v) is 4.70. The molecule has 0 aliphatic rings. The number of aldehydes is 1. The molecule has 0 heterocycles. The molecule has 0 aromatic heterocycles. The minimum absolute atomic E-state index is 0.00176. The van der Waals surface area contributed by atoms with Crippen molar-refractivity contribution in [2.45, 2.75) is 19.4 Å². The molecule has 1 aromatic carbocycles. The van der Waals surface area contributed by atoms with E-state index in [4.69, 9.17) is 0 Å². The Morgan fingerprint density at radius 3 is 2.57 bits per heavy atom. The van der Waals surface area contributed by atoms with Gasteiger partial charge in [-0.1, -0.05) is 19.1 Å². The van der Waals surface area contributed by atoms with Crippen molar-refractivity contribution in [3.8, 4) is 0 Å². The third-order valence-electron chi connectivity index (χ3n) is 2.05. The van der Waals surface area contributed by atoms with Crippen molar-refractivity contribution < 1.29 is 9.18 Å². The molecule has 1 aromatic rings. The Balaban J connectivity index is 2.76. The number of halogens is 1. The number of carbonyl (C=O) groups is 1. The van der Waals surface area contributed by atoms with Gasteiger partial charge in [-0.05, 0) is 24.2 Å². The fourth-order valence-electron chi connectivity index (χ4n) is 1.37. The van der Waals surface area contributed by atoms with Gasteiger partial charge in [0.2, 0.25) is 0 Å². The lowest BCUT2D eigenvalue weighted by atomic mass is 10.0. The Bertz CT molecular complexity index is 284. The van der Waals surface area contributed by atoms with Gasteiger partial charge in [-0.25, -0.2) is 4.39 Å². The highest BCUT2D eigenvalue weighted by molar-refractivity contribution is 5.51. The van der Waals surface area contributed by atoms with Gasteiger partial charge in [0.25, 0.3) is 0 Å². The topological polar surface area (TPSA) is 29.1 Å². The summed E-state index contributed by atoms with van der Waals surface area (Å²) in [7, 11) is 0. The van der Waals surface area contributed by atoms with Crippen LogP contribution in [-0.2, 0) is 4.79 Å². The second-order valence-electron chi connectivity index (χ2n) is 3.06. The third kappa shape index (κ3) is 2.92. The zero-order valence-corrected chi connectivity index (χ0v) is 8.16. The van der Waals surface area contributed by atoms with E-state index < -0.39 is 0 Å². The minimum atomic E-state index is -0.255. The molecule has 14 heavy (non-hydrogen) atoms. The lowest BCUT2D eigenvalue weighted by molar-refractivity contribution is -0.108. The molecule has 0 amide bonds. The monoisotopic (exact) mass is 195 g/mol. The van der Waals surface area contributed by atoms with Gasteiger partial charge in [-0.15, -0.1) is 0 Å². The molecule has 0 aliphatic carbocycles. The number of nitrogens with one attached hydrogen (secondary N) is 1. The maximum atomic E-state index is 12.6. The molecule has 1 N–H and O–H groups in total. The van der Waals surface area contributed by atoms with E-state index in [2.05, 4.69) is 5.32 Å². The molecule has 0 radical (unpaired) electrons. The molecular formula is C11H14FNO. The average molecular weight is 195 g/mol. The van der Waals surface area contributed by atoms with E-state index in [1.807, 2.05) is 6.92 Å². The van der Waals surface area contributed by atoms with Crippen molar-refractivity contribution in [1.82, 2.24) is 5.32 Å². The maximum absolute atomic E-state index is 12.6. The predicted octanol–water partition coefficient (Wildman–Crippen LogP) is 2.07. The molecule has 76 valence electrons. The molecule has 0 fully saturated rings. The molecule has 0 bridgehead atoms. The van der Waals surface area contributed by atoms with E-state index in [1.54, 1.807) is 12.1 Å². The fourth-order valence-corrected chi connectivity index (χ4v) is 1.37. The number of carbonyl (C=O) groups excluding carboxylic acids is 1. The molecule has 2 nitrogen and oxygen atoms in total. The van der Waals surface area contributed by atoms with Crippen LogP contribution in [0.4, 0.5) is 4.39 Å². The van der Waals surface area contributed by atoms with E-state index >= 15 is 0 Å². The molecule has 3 heteroatoms. The van der Waals surface area contributed by atoms with Crippen LogP contribution in [0.2, 0.25) is 0 Å². The van der Waals surface area contributed by atoms with Gasteiger partial charge in [0.15, 0.2) is 0 Å². The van der Waals surface area contributed by atoms with Crippen molar-refractivity contribution in [1.29, 1.82) is 0 Å². The van der Waals surface area contributed by atoms with Crippen LogP contribution in [0, 0.1) is 5.82 Å². The highest BCUT2D eigenvalue weighted by Gasteiger charge is 2.08. The van der Waals surface area contributed by atoms with Gasteiger partial charge in [0, 0.05) is 12.5 Å². The number of benzene rings is 1. The normalized spacial score (nSPS) is 12.4. The number of rotatable bonds is 5. The van der Waals surface area contributed by atoms with Crippen LogP contribution in [0.15, 0.2) is 24.3 Å². The standard InChI is InChI=1S/C11H14FNO/c1-2-13-11(7-8-14)9-3-5-10(12)6-4-9/h3-6,8,11,13H,2,7H2,1H3. The van der Waals surface area contributed by atoms with Crippen LogP contribution in [0.25, 0.3) is 0 Å². The van der Waals surface area contributed by atoms with Gasteiger partial charge in [0.1, 0.15) is 12.1 Å². The Morgan fingerprint density at radius 2 is 2.07 bits per heavy atom. The number of hydrogen-bond acceptors (Lipinski definition) is 2. The first kappa shape index (κ1) is 10.9. The fraction of sp³-hybridized carbons (Fsp3) is 0.364. The van der Waals surface area contributed by atoms with Crippen LogP contribution in [-0.4, -0.2) is 12.8 Å². The van der Waals surface area contributed by atoms with E-state index in [-0.39, 0.29) is 11.9 Å². The predicted molar refractivity (Wildman–Crippen MR) is 53.5 cm³/mol. The van der Waals surface area contributed by atoms with Crippen LogP contribution in [0.3, 0.4) is 0 Å². The van der Waals surface area contributed by atoms with Gasteiger partial charge in [-0.3, -0.25) is 0 Å². The summed E-state index contributed by atoms with van der Waals surface area (Å²) >= 11 is 0. The molecule has 1 rings (SSSR count). The largest absolute Gasteiger partial charge is 0.310 e. The lowest BCUT2D eigenvalue weighted by Gasteiger charge is -2.15. The van der Waals surface area contributed by atoms with Crippen molar-refractivity contribution in [3.05, 3.63) is 35.6 Å². The van der Waals surface area contributed by atoms with Crippen LogP contribution >= 0.6 is 0 Å². The molecule has 0 saturated heterocycles. The SMILES string of the molecule is CCNC(CC=O)c1ccc(F)cc1. The van der Waals surface area contributed by atoms with Crippen LogP contribution < -0.4 is 5.32 Å². The van der Waals surface area contributed by atoms with E-state index in [1.165, 1.54) is 12.1 Å². The second-order valence-corrected chi connectivity index (χ2v) is 3.06. The summed E-state index contributed by atoms with van der Waals surface area (Å²) < 4.78 is 12.6. The summed E-state index contributed by atoms with van der Waals surface area (Å²) in [6.45, 7) is 2.76. The first-order valence-electron chi connectivity index (χ1n) is 4.70. The Hall–Kier alpha value is -1.22. The molecule has 0 saturated carbocycles. The van der Waals surface area contributed by atoms with Crippen LogP contribution in [0.5, 0.6) is 0 Å². The highest BCUT2D eigenvalue weighted by Crippen LogP contribution is 2.15. The highest BCUT2D eigenvalue weighted by atomic mass is 19.1. The molecular weight excluding hydrogens is 181 g/mol. The second kappa shape index (κ2) is 5.50. The smallest absolute Gasteiger partial charge is 0.123 e. The minimum Gasteiger partial charge on any atom is -0.310 e. The zero-order valence-electron chi connectivity index (χ0n) is 8.16. The van der Waals surface area contributed by atoms with E-state index in [9.17, 15) is 9.18 Å². The molecule has 1 unspecified atom stereocenters. The average Bonchev–Trinajstić information content (AvgIpc) is 2.19. The lowest BCUT2D eigenvalue weighted by Crippen LogP contribution is -2.21. The summed E-state index contributed by atoms with van der Waals surface area (Å²) in [5.41, 5.74) is 0.945. The molecule has 1 atom stereocenters. The summed E-state index contributed by atoms with van der Waals surface area (Å²) in [5, 5.41) is 3.17. The van der Waals surface area contributed by atoms with Crippen molar-refractivity contribution in [2.24, 2.45) is 0 Å². The quantitative estimate of drug-likeness (QED) is 0.729. The van der Waals surface area contributed by atoms with E-state index in [0.29, 0.717) is 6.42 Å². The Morgan fingerprint density at radius 1 is 1.43 bits per heavy atom. The zero-order chi connectivity index (χ0) is 10.4. The third-order valence-corrected chi connectivity index (χ3v) is 2.05. The molecule has 0 aliphatic heterocycles. The van der Waals surface area contributed by atoms with Crippen LogP contribution in [0.1, 0.15) is 24.9 Å². The van der Waals surface area contributed by atoms with Gasteiger partial charge in [0.05, 0.1) is 0 Å². The van der Waals surface area contributed by atoms with Gasteiger partial charge in [-0.2, -0.15) is 0 Å². The summed E-state index contributed by atoms with van der Waals surface area (Å²) in [5.74, 6) is -0.255. The molecule has 0 spiro atoms. The van der Waals surface area contributed by atoms with Crippen molar-refractivity contribution >= 4 is 6.29 Å². The van der Waals surface area contributed by atoms with E-state index in [0.717, 1.165) is 18.4 Å². The van der Waals surface area contributed by atoms with Gasteiger partial charge < -0.3 is 10.1 Å². The summed E-state index contributed by atoms with van der Waals surface area (Å²) in [4.78, 5) is 10.4.